The molecule has 202 valence electrons. The maximum Gasteiger partial charge on any atom is 0.308 e. The average Bonchev–Trinajstić information content (AvgIpc) is 3.72. The second kappa shape index (κ2) is 10.9. The Bertz CT molecular complexity index is 1180. The van der Waals surface area contributed by atoms with Crippen molar-refractivity contribution in [2.45, 2.75) is 63.5 Å². The molecule has 2 aliphatic carbocycles. The summed E-state index contributed by atoms with van der Waals surface area (Å²) in [5, 5.41) is 0. The van der Waals surface area contributed by atoms with Crippen LogP contribution in [0.3, 0.4) is 0 Å². The first kappa shape index (κ1) is 26.4. The summed E-state index contributed by atoms with van der Waals surface area (Å²) < 4.78 is 11.5. The van der Waals surface area contributed by atoms with Crippen LogP contribution in [0.2, 0.25) is 0 Å². The topological polar surface area (TPSA) is 76.2 Å². The van der Waals surface area contributed by atoms with Gasteiger partial charge in [-0.1, -0.05) is 30.3 Å². The Morgan fingerprint density at radius 3 is 2.47 bits per heavy atom. The number of hydrogen-bond donors (Lipinski definition) is 0. The first-order chi connectivity index (χ1) is 18.2. The van der Waals surface area contributed by atoms with Crippen LogP contribution in [-0.2, 0) is 19.7 Å². The van der Waals surface area contributed by atoms with Crippen LogP contribution < -0.4 is 4.74 Å². The Labute approximate surface area is 225 Å². The van der Waals surface area contributed by atoms with Crippen LogP contribution in [0.4, 0.5) is 0 Å². The van der Waals surface area contributed by atoms with Crippen molar-refractivity contribution in [3.8, 4) is 5.75 Å². The zero-order valence-corrected chi connectivity index (χ0v) is 22.6. The van der Waals surface area contributed by atoms with Crippen LogP contribution in [0.25, 0.3) is 0 Å². The van der Waals surface area contributed by atoms with Crippen molar-refractivity contribution in [2.75, 3.05) is 26.7 Å². The van der Waals surface area contributed by atoms with Crippen LogP contribution in [0.1, 0.15) is 61.9 Å². The zero-order chi connectivity index (χ0) is 26.9. The number of benzene rings is 2. The van der Waals surface area contributed by atoms with E-state index in [2.05, 4.69) is 11.0 Å². The minimum absolute atomic E-state index is 0.0365. The number of carbonyl (C=O) groups excluding carboxylic acids is 3. The highest BCUT2D eigenvalue weighted by Gasteiger charge is 2.54. The lowest BCUT2D eigenvalue weighted by Crippen LogP contribution is -2.62. The van der Waals surface area contributed by atoms with Gasteiger partial charge in [-0.05, 0) is 68.0 Å². The van der Waals surface area contributed by atoms with Crippen molar-refractivity contribution in [2.24, 2.45) is 11.8 Å². The first-order valence-electron chi connectivity index (χ1n) is 13.8. The smallest absolute Gasteiger partial charge is 0.308 e. The van der Waals surface area contributed by atoms with E-state index in [1.165, 1.54) is 26.7 Å². The van der Waals surface area contributed by atoms with E-state index in [9.17, 15) is 14.4 Å². The van der Waals surface area contributed by atoms with Gasteiger partial charge in [0.1, 0.15) is 11.9 Å². The normalized spacial score (nSPS) is 27.2. The number of rotatable bonds is 7. The van der Waals surface area contributed by atoms with E-state index < -0.39 is 0 Å². The van der Waals surface area contributed by atoms with Crippen molar-refractivity contribution in [1.82, 2.24) is 9.80 Å². The van der Waals surface area contributed by atoms with E-state index in [1.54, 1.807) is 6.07 Å². The zero-order valence-electron chi connectivity index (χ0n) is 22.6. The van der Waals surface area contributed by atoms with Crippen molar-refractivity contribution < 1.29 is 23.9 Å². The molecule has 0 radical (unpaired) electrons. The van der Waals surface area contributed by atoms with Gasteiger partial charge in [0.25, 0.3) is 5.91 Å². The summed E-state index contributed by atoms with van der Waals surface area (Å²) in [6.07, 6.45) is 4.50. The SMILES string of the molecule is CC(=O)Oc1cccc([C@@]23CCN(CC4CC4)C[C@H]2C(OC(C)=O)C[C@H](N(C)C(=O)c2ccccc2)C3)c1. The lowest BCUT2D eigenvalue weighted by Gasteiger charge is -2.56. The van der Waals surface area contributed by atoms with E-state index in [0.717, 1.165) is 44.0 Å². The number of ether oxygens (including phenoxy) is 2. The molecule has 7 heteroatoms. The first-order valence-corrected chi connectivity index (χ1v) is 13.8. The molecule has 0 N–H and O–H groups in total. The Morgan fingerprint density at radius 2 is 1.79 bits per heavy atom. The third-order valence-electron chi connectivity index (χ3n) is 8.68. The van der Waals surface area contributed by atoms with E-state index in [0.29, 0.717) is 17.7 Å². The molecule has 2 saturated carbocycles. The molecule has 1 amide bonds. The minimum Gasteiger partial charge on any atom is -0.462 e. The third-order valence-corrected chi connectivity index (χ3v) is 8.68. The van der Waals surface area contributed by atoms with Gasteiger partial charge >= 0.3 is 11.9 Å². The maximum atomic E-state index is 13.5. The van der Waals surface area contributed by atoms with Gasteiger partial charge in [-0.3, -0.25) is 14.4 Å². The molecule has 4 atom stereocenters. The molecule has 5 rings (SSSR count). The van der Waals surface area contributed by atoms with Gasteiger partial charge < -0.3 is 19.3 Å². The van der Waals surface area contributed by atoms with Crippen LogP contribution >= 0.6 is 0 Å². The van der Waals surface area contributed by atoms with Crippen molar-refractivity contribution in [3.63, 3.8) is 0 Å². The predicted octanol–water partition coefficient (Wildman–Crippen LogP) is 4.45. The average molecular weight is 519 g/mol. The molecule has 0 aromatic heterocycles. The largest absolute Gasteiger partial charge is 0.462 e. The Kier molecular flexibility index (Phi) is 7.57. The summed E-state index contributed by atoms with van der Waals surface area (Å²) in [5.41, 5.74) is 1.39. The summed E-state index contributed by atoms with van der Waals surface area (Å²) >= 11 is 0. The van der Waals surface area contributed by atoms with Gasteiger partial charge in [-0.25, -0.2) is 0 Å². The summed E-state index contributed by atoms with van der Waals surface area (Å²) in [6.45, 7) is 5.75. The quantitative estimate of drug-likeness (QED) is 0.398. The number of fused-ring (bicyclic) bond motifs is 1. The molecule has 2 aromatic carbocycles. The Hall–Kier alpha value is -3.19. The summed E-state index contributed by atoms with van der Waals surface area (Å²) in [7, 11) is 1.86. The molecule has 0 bridgehead atoms. The Morgan fingerprint density at radius 1 is 1.03 bits per heavy atom. The van der Waals surface area contributed by atoms with Crippen LogP contribution in [-0.4, -0.2) is 66.5 Å². The van der Waals surface area contributed by atoms with Crippen molar-refractivity contribution in [3.05, 3.63) is 65.7 Å². The maximum absolute atomic E-state index is 13.5. The number of esters is 2. The fourth-order valence-electron chi connectivity index (χ4n) is 6.68. The van der Waals surface area contributed by atoms with Crippen molar-refractivity contribution in [1.29, 1.82) is 0 Å². The molecule has 7 nitrogen and oxygen atoms in total. The minimum atomic E-state index is -0.358. The number of hydrogen-bond acceptors (Lipinski definition) is 6. The van der Waals surface area contributed by atoms with E-state index >= 15 is 0 Å². The monoisotopic (exact) mass is 518 g/mol. The third kappa shape index (κ3) is 5.63. The second-order valence-corrected chi connectivity index (χ2v) is 11.4. The molecule has 1 aliphatic heterocycles. The predicted molar refractivity (Wildman–Crippen MR) is 144 cm³/mol. The Balaban J connectivity index is 1.52. The fraction of sp³-hybridized carbons (Fsp3) is 0.516. The molecule has 38 heavy (non-hydrogen) atoms. The number of amides is 1. The number of likely N-dealkylation sites (tertiary alicyclic amines) is 1. The number of nitrogens with zero attached hydrogens (tertiary/aromatic N) is 2. The van der Waals surface area contributed by atoms with E-state index in [-0.39, 0.29) is 41.3 Å². The van der Waals surface area contributed by atoms with Gasteiger partial charge in [-0.2, -0.15) is 0 Å². The summed E-state index contributed by atoms with van der Waals surface area (Å²) in [5.74, 6) is 0.669. The van der Waals surface area contributed by atoms with Crippen LogP contribution in [0.5, 0.6) is 5.75 Å². The van der Waals surface area contributed by atoms with Gasteiger partial charge in [0.05, 0.1) is 0 Å². The second-order valence-electron chi connectivity index (χ2n) is 11.4. The molecule has 3 fully saturated rings. The lowest BCUT2D eigenvalue weighted by atomic mass is 9.56. The lowest BCUT2D eigenvalue weighted by molar-refractivity contribution is -0.158. The highest BCUT2D eigenvalue weighted by molar-refractivity contribution is 5.94. The number of piperidine rings is 1. The molecular formula is C31H38N2O5. The van der Waals surface area contributed by atoms with Gasteiger partial charge in [-0.15, -0.1) is 0 Å². The van der Waals surface area contributed by atoms with Crippen LogP contribution in [0.15, 0.2) is 54.6 Å². The molecular weight excluding hydrogens is 480 g/mol. The summed E-state index contributed by atoms with van der Waals surface area (Å²) in [4.78, 5) is 41.9. The molecule has 1 heterocycles. The van der Waals surface area contributed by atoms with Crippen LogP contribution in [0, 0.1) is 11.8 Å². The molecule has 3 aliphatic rings. The van der Waals surface area contributed by atoms with E-state index in [4.69, 9.17) is 9.47 Å². The standard InChI is InChI=1S/C31H38N2O5/c1-21(34)37-27-11-7-10-25(16-27)31-14-15-33(19-23-12-13-23)20-28(31)29(38-22(2)35)17-26(18-31)32(3)30(36)24-8-5-4-6-9-24/h4-11,16,23,26,28-29H,12-15,17-20H2,1-3H3/t26-,28-,29?,31-/m0/s1. The van der Waals surface area contributed by atoms with Crippen molar-refractivity contribution >= 4 is 17.8 Å². The molecule has 1 saturated heterocycles. The molecule has 1 unspecified atom stereocenters. The highest BCUT2D eigenvalue weighted by Crippen LogP contribution is 2.52. The van der Waals surface area contributed by atoms with Gasteiger partial charge in [0, 0.05) is 63.3 Å². The molecule has 2 aromatic rings. The number of carbonyl (C=O) groups is 3. The van der Waals surface area contributed by atoms with E-state index in [1.807, 2.05) is 54.4 Å². The fourth-order valence-corrected chi connectivity index (χ4v) is 6.68. The van der Waals surface area contributed by atoms with Gasteiger partial charge in [0.15, 0.2) is 0 Å². The van der Waals surface area contributed by atoms with Gasteiger partial charge in [0.2, 0.25) is 0 Å². The molecule has 0 spiro atoms. The summed E-state index contributed by atoms with van der Waals surface area (Å²) in [6, 6.07) is 17.0. The highest BCUT2D eigenvalue weighted by atomic mass is 16.5.